The van der Waals surface area contributed by atoms with E-state index in [1.807, 2.05) is 0 Å². The number of amides is 1. The van der Waals surface area contributed by atoms with Crippen molar-refractivity contribution < 1.29 is 4.79 Å². The van der Waals surface area contributed by atoms with E-state index in [1.165, 1.54) is 25.9 Å². The largest absolute Gasteiger partial charge is 0.351 e. The zero-order chi connectivity index (χ0) is 13.3. The molecule has 0 aromatic carbocycles. The Labute approximate surface area is 116 Å². The van der Waals surface area contributed by atoms with Crippen LogP contribution in [0.4, 0.5) is 0 Å². The Hall–Kier alpha value is -0.610. The van der Waals surface area contributed by atoms with E-state index < -0.39 is 0 Å². The Balaban J connectivity index is 1.63. The Morgan fingerprint density at radius 2 is 2.00 bits per heavy atom. The minimum atomic E-state index is -0.0999. The van der Waals surface area contributed by atoms with Gasteiger partial charge in [-0.15, -0.1) is 0 Å². The van der Waals surface area contributed by atoms with Gasteiger partial charge in [0.2, 0.25) is 5.91 Å². The number of nitrogens with zero attached hydrogens (tertiary/aromatic N) is 1. The van der Waals surface area contributed by atoms with Gasteiger partial charge in [0.15, 0.2) is 0 Å². The second-order valence-corrected chi connectivity index (χ2v) is 6.60. The predicted octanol–water partition coefficient (Wildman–Crippen LogP) is 0.977. The molecule has 4 heterocycles. The highest BCUT2D eigenvalue weighted by Crippen LogP contribution is 2.34. The minimum absolute atomic E-state index is 0.0999. The molecule has 1 atom stereocenters. The fraction of sp³-hybridized carbons (Fsp3) is 0.933. The number of carbonyl (C=O) groups is 1. The average Bonchev–Trinajstić information content (AvgIpc) is 2.49. The first kappa shape index (κ1) is 13.4. The molecule has 0 radical (unpaired) electrons. The summed E-state index contributed by atoms with van der Waals surface area (Å²) >= 11 is 0. The first-order chi connectivity index (χ1) is 9.23. The third-order valence-corrected chi connectivity index (χ3v) is 5.69. The molecule has 4 nitrogen and oxygen atoms in total. The van der Waals surface area contributed by atoms with Gasteiger partial charge in [-0.05, 0) is 64.2 Å². The van der Waals surface area contributed by atoms with E-state index in [1.54, 1.807) is 0 Å². The summed E-state index contributed by atoms with van der Waals surface area (Å²) in [6.07, 6.45) is 5.51. The van der Waals surface area contributed by atoms with E-state index in [4.69, 9.17) is 0 Å². The highest BCUT2D eigenvalue weighted by molar-refractivity contribution is 5.83. The Morgan fingerprint density at radius 1 is 1.32 bits per heavy atom. The molecule has 4 saturated heterocycles. The van der Waals surface area contributed by atoms with Gasteiger partial charge in [0.05, 0.1) is 5.41 Å². The van der Waals surface area contributed by atoms with Crippen LogP contribution in [0.25, 0.3) is 0 Å². The lowest BCUT2D eigenvalue weighted by molar-refractivity contribution is -0.135. The number of carbonyl (C=O) groups excluding carboxylic acids is 1. The van der Waals surface area contributed by atoms with Gasteiger partial charge in [0.25, 0.3) is 0 Å². The van der Waals surface area contributed by atoms with E-state index in [9.17, 15) is 4.79 Å². The van der Waals surface area contributed by atoms with Crippen LogP contribution < -0.4 is 10.6 Å². The molecule has 4 heteroatoms. The molecule has 108 valence electrons. The normalized spacial score (nSPS) is 37.0. The monoisotopic (exact) mass is 265 g/mol. The summed E-state index contributed by atoms with van der Waals surface area (Å²) in [5.41, 5.74) is -0.0999. The summed E-state index contributed by atoms with van der Waals surface area (Å²) in [6.45, 7) is 7.69. The molecule has 2 bridgehead atoms. The quantitative estimate of drug-likeness (QED) is 0.799. The van der Waals surface area contributed by atoms with Crippen molar-refractivity contribution in [2.45, 2.75) is 45.1 Å². The molecule has 2 N–H and O–H groups in total. The number of fused-ring (bicyclic) bond motifs is 3. The molecular formula is C15H27N3O. The minimum Gasteiger partial charge on any atom is -0.351 e. The lowest BCUT2D eigenvalue weighted by atomic mass is 9.75. The van der Waals surface area contributed by atoms with Crippen molar-refractivity contribution in [1.82, 2.24) is 15.5 Å². The molecular weight excluding hydrogens is 238 g/mol. The Bertz CT molecular complexity index is 330. The van der Waals surface area contributed by atoms with E-state index in [2.05, 4.69) is 22.5 Å². The van der Waals surface area contributed by atoms with Crippen molar-refractivity contribution in [1.29, 1.82) is 0 Å². The topological polar surface area (TPSA) is 44.4 Å². The van der Waals surface area contributed by atoms with Crippen molar-refractivity contribution in [2.75, 3.05) is 32.7 Å². The molecule has 4 aliphatic heterocycles. The molecule has 1 amide bonds. The number of hydrogen-bond acceptors (Lipinski definition) is 3. The lowest BCUT2D eigenvalue weighted by Gasteiger charge is -2.46. The Morgan fingerprint density at radius 3 is 2.53 bits per heavy atom. The molecule has 0 aliphatic carbocycles. The zero-order valence-corrected chi connectivity index (χ0v) is 12.1. The standard InChI is InChI=1S/C15H27N3O/c1-2-15(5-7-16-8-6-15)14(19)17-13-11-18-9-3-12(13)4-10-18/h12-13,16H,2-11H2,1H3,(H,17,19). The van der Waals surface area contributed by atoms with E-state index in [0.717, 1.165) is 44.8 Å². The van der Waals surface area contributed by atoms with Crippen molar-refractivity contribution in [2.24, 2.45) is 11.3 Å². The van der Waals surface area contributed by atoms with Gasteiger partial charge in [-0.3, -0.25) is 4.79 Å². The van der Waals surface area contributed by atoms with Crippen LogP contribution in [0.1, 0.15) is 39.0 Å². The fourth-order valence-corrected chi connectivity index (χ4v) is 4.10. The third-order valence-electron chi connectivity index (χ3n) is 5.69. The lowest BCUT2D eigenvalue weighted by Crippen LogP contribution is -2.60. The van der Waals surface area contributed by atoms with E-state index in [-0.39, 0.29) is 5.41 Å². The Kier molecular flexibility index (Phi) is 3.81. The summed E-state index contributed by atoms with van der Waals surface area (Å²) < 4.78 is 0. The van der Waals surface area contributed by atoms with Gasteiger partial charge in [0.1, 0.15) is 0 Å². The third kappa shape index (κ3) is 2.52. The molecule has 19 heavy (non-hydrogen) atoms. The highest BCUT2D eigenvalue weighted by atomic mass is 16.2. The smallest absolute Gasteiger partial charge is 0.226 e. The zero-order valence-electron chi connectivity index (χ0n) is 12.1. The fourth-order valence-electron chi connectivity index (χ4n) is 4.10. The second-order valence-electron chi connectivity index (χ2n) is 6.60. The molecule has 4 rings (SSSR count). The summed E-state index contributed by atoms with van der Waals surface area (Å²) in [4.78, 5) is 15.2. The van der Waals surface area contributed by atoms with Gasteiger partial charge in [0, 0.05) is 12.6 Å². The number of hydrogen-bond donors (Lipinski definition) is 2. The summed E-state index contributed by atoms with van der Waals surface area (Å²) in [7, 11) is 0. The molecule has 4 aliphatic rings. The van der Waals surface area contributed by atoms with Crippen LogP contribution in [0.5, 0.6) is 0 Å². The van der Waals surface area contributed by atoms with Gasteiger partial charge >= 0.3 is 0 Å². The van der Waals surface area contributed by atoms with Gasteiger partial charge in [-0.2, -0.15) is 0 Å². The summed E-state index contributed by atoms with van der Waals surface area (Å²) in [5.74, 6) is 1.06. The number of piperidine rings is 4. The summed E-state index contributed by atoms with van der Waals surface area (Å²) in [6, 6.07) is 0.410. The van der Waals surface area contributed by atoms with Crippen LogP contribution >= 0.6 is 0 Å². The van der Waals surface area contributed by atoms with E-state index in [0.29, 0.717) is 11.9 Å². The van der Waals surface area contributed by atoms with Crippen molar-refractivity contribution in [3.63, 3.8) is 0 Å². The maximum absolute atomic E-state index is 12.7. The van der Waals surface area contributed by atoms with Gasteiger partial charge < -0.3 is 15.5 Å². The molecule has 4 fully saturated rings. The molecule has 0 aromatic rings. The van der Waals surface area contributed by atoms with Crippen LogP contribution in [0, 0.1) is 11.3 Å². The first-order valence-corrected chi connectivity index (χ1v) is 7.97. The predicted molar refractivity (Wildman–Crippen MR) is 75.9 cm³/mol. The SMILES string of the molecule is CCC1(C(=O)NC2CN3CCC2CC3)CCNCC1. The molecule has 1 unspecified atom stereocenters. The van der Waals surface area contributed by atoms with Crippen molar-refractivity contribution in [3.8, 4) is 0 Å². The first-order valence-electron chi connectivity index (χ1n) is 7.97. The van der Waals surface area contributed by atoms with Gasteiger partial charge in [-0.1, -0.05) is 6.92 Å². The number of rotatable bonds is 3. The van der Waals surface area contributed by atoms with Crippen molar-refractivity contribution >= 4 is 5.91 Å². The molecule has 0 aromatic heterocycles. The second kappa shape index (κ2) is 5.41. The van der Waals surface area contributed by atoms with Gasteiger partial charge in [-0.25, -0.2) is 0 Å². The van der Waals surface area contributed by atoms with E-state index >= 15 is 0 Å². The van der Waals surface area contributed by atoms with Crippen LogP contribution in [-0.2, 0) is 4.79 Å². The van der Waals surface area contributed by atoms with Crippen LogP contribution in [0.3, 0.4) is 0 Å². The van der Waals surface area contributed by atoms with Crippen LogP contribution in [-0.4, -0.2) is 49.6 Å². The van der Waals surface area contributed by atoms with Crippen LogP contribution in [0.2, 0.25) is 0 Å². The van der Waals surface area contributed by atoms with Crippen molar-refractivity contribution in [3.05, 3.63) is 0 Å². The maximum atomic E-state index is 12.7. The summed E-state index contributed by atoms with van der Waals surface area (Å²) in [5, 5.41) is 6.77. The number of nitrogens with one attached hydrogen (secondary N) is 2. The molecule has 0 saturated carbocycles. The van der Waals surface area contributed by atoms with Crippen LogP contribution in [0.15, 0.2) is 0 Å². The average molecular weight is 265 g/mol. The maximum Gasteiger partial charge on any atom is 0.226 e. The highest BCUT2D eigenvalue weighted by Gasteiger charge is 2.41. The molecule has 0 spiro atoms.